The summed E-state index contributed by atoms with van der Waals surface area (Å²) in [6.07, 6.45) is 0. The van der Waals surface area contributed by atoms with Gasteiger partial charge < -0.3 is 14.6 Å². The molecule has 25 heavy (non-hydrogen) atoms. The highest BCUT2D eigenvalue weighted by Gasteiger charge is 2.14. The topological polar surface area (TPSA) is 75.3 Å². The third-order valence-corrected chi connectivity index (χ3v) is 4.32. The van der Waals surface area contributed by atoms with Gasteiger partial charge in [0.05, 0.1) is 12.1 Å². The zero-order valence-corrected chi connectivity index (χ0v) is 13.9. The van der Waals surface area contributed by atoms with Crippen molar-refractivity contribution in [3.63, 3.8) is 0 Å². The van der Waals surface area contributed by atoms with Gasteiger partial charge in [0.1, 0.15) is 16.3 Å². The van der Waals surface area contributed by atoms with E-state index in [9.17, 15) is 18.4 Å². The molecular weight excluding hydrogens is 352 g/mol. The van der Waals surface area contributed by atoms with Gasteiger partial charge >= 0.3 is 0 Å². The molecule has 0 aliphatic rings. The Balaban J connectivity index is 1.64. The van der Waals surface area contributed by atoms with E-state index in [0.717, 1.165) is 12.1 Å². The average Bonchev–Trinajstić information content (AvgIpc) is 3.02. The molecule has 3 rings (SSSR count). The number of hydrogen-bond donors (Lipinski definition) is 1. The Morgan fingerprint density at radius 2 is 2.16 bits per heavy atom. The van der Waals surface area contributed by atoms with Gasteiger partial charge in [-0.1, -0.05) is 0 Å². The lowest BCUT2D eigenvalue weighted by molar-refractivity contribution is -0.132. The van der Waals surface area contributed by atoms with Crippen LogP contribution in [-0.2, 0) is 11.3 Å². The van der Waals surface area contributed by atoms with Crippen molar-refractivity contribution in [1.29, 1.82) is 0 Å². The molecule has 9 heteroatoms. The first kappa shape index (κ1) is 17.0. The molecule has 1 N–H and O–H groups in total. The predicted octanol–water partition coefficient (Wildman–Crippen LogP) is 2.30. The second kappa shape index (κ2) is 6.98. The number of carbonyl (C=O) groups excluding carboxylic acids is 1. The van der Waals surface area contributed by atoms with E-state index in [1.54, 1.807) is 11.4 Å². The fourth-order valence-corrected chi connectivity index (χ4v) is 2.88. The smallest absolute Gasteiger partial charge is 0.268 e. The van der Waals surface area contributed by atoms with Crippen molar-refractivity contribution in [1.82, 2.24) is 14.9 Å². The van der Waals surface area contributed by atoms with Crippen LogP contribution >= 0.6 is 11.3 Å². The van der Waals surface area contributed by atoms with Gasteiger partial charge in [-0.05, 0) is 23.6 Å². The minimum atomic E-state index is -0.885. The van der Waals surface area contributed by atoms with Gasteiger partial charge in [0.25, 0.3) is 11.5 Å². The summed E-state index contributed by atoms with van der Waals surface area (Å²) in [7, 11) is 1.50. The number of fused-ring (bicyclic) bond motifs is 1. The number of halogens is 2. The maximum atomic E-state index is 13.5. The van der Waals surface area contributed by atoms with E-state index in [4.69, 9.17) is 4.74 Å². The van der Waals surface area contributed by atoms with Crippen molar-refractivity contribution in [3.8, 4) is 5.75 Å². The largest absolute Gasteiger partial charge is 0.481 e. The van der Waals surface area contributed by atoms with E-state index in [0.29, 0.717) is 22.1 Å². The van der Waals surface area contributed by atoms with Crippen LogP contribution in [0.4, 0.5) is 8.78 Å². The minimum Gasteiger partial charge on any atom is -0.481 e. The SMILES string of the molecule is CN(Cc1nc2ccsc2c(=O)[nH]1)C(=O)COc1ccc(F)cc1F. The Bertz CT molecular complexity index is 986. The minimum absolute atomic E-state index is 0.0646. The molecule has 0 radical (unpaired) electrons. The highest BCUT2D eigenvalue weighted by molar-refractivity contribution is 7.17. The Hall–Kier alpha value is -2.81. The lowest BCUT2D eigenvalue weighted by Gasteiger charge is -2.17. The number of aromatic nitrogens is 2. The fraction of sp³-hybridized carbons (Fsp3) is 0.188. The first-order valence-corrected chi connectivity index (χ1v) is 8.10. The maximum absolute atomic E-state index is 13.5. The van der Waals surface area contributed by atoms with Crippen molar-refractivity contribution >= 4 is 27.5 Å². The Labute approximate surface area is 144 Å². The summed E-state index contributed by atoms with van der Waals surface area (Å²) in [6.45, 7) is -0.362. The van der Waals surface area contributed by atoms with Crippen molar-refractivity contribution in [2.75, 3.05) is 13.7 Å². The third kappa shape index (κ3) is 3.82. The lowest BCUT2D eigenvalue weighted by atomic mass is 10.3. The zero-order valence-electron chi connectivity index (χ0n) is 13.1. The number of nitrogens with one attached hydrogen (secondary N) is 1. The molecule has 0 aliphatic heterocycles. The van der Waals surface area contributed by atoms with Gasteiger partial charge in [0.2, 0.25) is 0 Å². The quantitative estimate of drug-likeness (QED) is 0.753. The molecule has 3 aromatic rings. The lowest BCUT2D eigenvalue weighted by Crippen LogP contribution is -2.32. The number of hydrogen-bond acceptors (Lipinski definition) is 5. The number of nitrogens with zero attached hydrogens (tertiary/aromatic N) is 2. The van der Waals surface area contributed by atoms with E-state index < -0.39 is 24.1 Å². The first-order chi connectivity index (χ1) is 11.9. The van der Waals surface area contributed by atoms with Crippen LogP contribution in [0.25, 0.3) is 10.2 Å². The van der Waals surface area contributed by atoms with Gasteiger partial charge in [-0.2, -0.15) is 0 Å². The first-order valence-electron chi connectivity index (χ1n) is 7.22. The summed E-state index contributed by atoms with van der Waals surface area (Å²) in [5.41, 5.74) is 0.301. The van der Waals surface area contributed by atoms with Crippen LogP contribution in [0, 0.1) is 11.6 Å². The van der Waals surface area contributed by atoms with Crippen molar-refractivity contribution < 1.29 is 18.3 Å². The standard InChI is InChI=1S/C16H13F2N3O3S/c1-21(7-13-19-11-4-5-25-15(11)16(23)20-13)14(22)8-24-12-3-2-9(17)6-10(12)18/h2-6H,7-8H2,1H3,(H,19,20,23). The highest BCUT2D eigenvalue weighted by Crippen LogP contribution is 2.18. The van der Waals surface area contributed by atoms with Gasteiger partial charge in [-0.25, -0.2) is 13.8 Å². The summed E-state index contributed by atoms with van der Waals surface area (Å²) >= 11 is 1.29. The number of aromatic amines is 1. The summed E-state index contributed by atoms with van der Waals surface area (Å²) in [5.74, 6) is -1.94. The molecule has 2 heterocycles. The maximum Gasteiger partial charge on any atom is 0.268 e. The number of thiophene rings is 1. The molecule has 0 unspecified atom stereocenters. The highest BCUT2D eigenvalue weighted by atomic mass is 32.1. The zero-order chi connectivity index (χ0) is 18.0. The van der Waals surface area contributed by atoms with Crippen molar-refractivity contribution in [2.45, 2.75) is 6.54 Å². The number of rotatable bonds is 5. The van der Waals surface area contributed by atoms with Crippen molar-refractivity contribution in [3.05, 3.63) is 57.5 Å². The average molecular weight is 365 g/mol. The molecule has 130 valence electrons. The van der Waals surface area contributed by atoms with E-state index >= 15 is 0 Å². The fourth-order valence-electron chi connectivity index (χ4n) is 2.15. The normalized spacial score (nSPS) is 10.8. The van der Waals surface area contributed by atoms with E-state index in [-0.39, 0.29) is 17.9 Å². The van der Waals surface area contributed by atoms with Gasteiger partial charge in [0.15, 0.2) is 18.2 Å². The molecule has 0 saturated heterocycles. The van der Waals surface area contributed by atoms with Crippen LogP contribution in [-0.4, -0.2) is 34.4 Å². The summed E-state index contributed by atoms with van der Waals surface area (Å²) in [5, 5.41) is 1.76. The van der Waals surface area contributed by atoms with Crippen LogP contribution in [0.1, 0.15) is 5.82 Å². The number of likely N-dealkylation sites (N-methyl/N-ethyl adjacent to an activating group) is 1. The molecule has 0 spiro atoms. The van der Waals surface area contributed by atoms with Gasteiger partial charge in [0, 0.05) is 13.1 Å². The van der Waals surface area contributed by atoms with Crippen LogP contribution < -0.4 is 10.3 Å². The number of ether oxygens (including phenoxy) is 1. The molecular formula is C16H13F2N3O3S. The third-order valence-electron chi connectivity index (χ3n) is 3.42. The van der Waals surface area contributed by atoms with E-state index in [1.165, 1.54) is 23.3 Å². The van der Waals surface area contributed by atoms with E-state index in [2.05, 4.69) is 9.97 Å². The molecule has 0 bridgehead atoms. The molecule has 2 aromatic heterocycles. The predicted molar refractivity (Wildman–Crippen MR) is 88.6 cm³/mol. The molecule has 1 aromatic carbocycles. The molecule has 1 amide bonds. The van der Waals surface area contributed by atoms with Gasteiger partial charge in [-0.3, -0.25) is 9.59 Å². The Morgan fingerprint density at radius 1 is 1.36 bits per heavy atom. The number of benzene rings is 1. The Kier molecular flexibility index (Phi) is 4.75. The monoisotopic (exact) mass is 365 g/mol. The Morgan fingerprint density at radius 3 is 2.92 bits per heavy atom. The second-order valence-electron chi connectivity index (χ2n) is 5.26. The van der Waals surface area contributed by atoms with E-state index in [1.807, 2.05) is 0 Å². The second-order valence-corrected chi connectivity index (χ2v) is 6.18. The summed E-state index contributed by atoms with van der Waals surface area (Å²) in [6, 6.07) is 4.55. The molecule has 0 fully saturated rings. The number of H-pyrrole nitrogens is 1. The van der Waals surface area contributed by atoms with Crippen LogP contribution in [0.2, 0.25) is 0 Å². The molecule has 0 atom stereocenters. The molecule has 6 nitrogen and oxygen atoms in total. The van der Waals surface area contributed by atoms with Crippen molar-refractivity contribution in [2.24, 2.45) is 0 Å². The number of amides is 1. The van der Waals surface area contributed by atoms with Crippen LogP contribution in [0.3, 0.4) is 0 Å². The van der Waals surface area contributed by atoms with Gasteiger partial charge in [-0.15, -0.1) is 11.3 Å². The summed E-state index contributed by atoms with van der Waals surface area (Å²) in [4.78, 5) is 32.2. The molecule has 0 aliphatic carbocycles. The summed E-state index contributed by atoms with van der Waals surface area (Å²) < 4.78 is 31.9. The van der Waals surface area contributed by atoms with Crippen LogP contribution in [0.5, 0.6) is 5.75 Å². The number of carbonyl (C=O) groups is 1. The van der Waals surface area contributed by atoms with Crippen LogP contribution in [0.15, 0.2) is 34.4 Å². The molecule has 0 saturated carbocycles.